The molecule has 0 aliphatic carbocycles. The number of hydrogen-bond donors (Lipinski definition) is 0. The maximum Gasteiger partial charge on any atom is 0.203 e. The van der Waals surface area contributed by atoms with Gasteiger partial charge in [-0.15, -0.1) is 0 Å². The Balaban J connectivity index is 1.47. The first-order chi connectivity index (χ1) is 15.7. The number of benzene rings is 4. The summed E-state index contributed by atoms with van der Waals surface area (Å²) in [6, 6.07) is 34.2. The first-order valence-corrected chi connectivity index (χ1v) is 13.5. The van der Waals surface area contributed by atoms with Gasteiger partial charge in [-0.25, -0.2) is 0 Å². The van der Waals surface area contributed by atoms with Crippen molar-refractivity contribution in [1.29, 1.82) is 0 Å². The zero-order valence-electron chi connectivity index (χ0n) is 18.0. The number of fused-ring (bicyclic) bond motifs is 4. The number of ether oxygens (including phenoxy) is 2. The van der Waals surface area contributed by atoms with Gasteiger partial charge in [0.05, 0.1) is 21.8 Å². The third kappa shape index (κ3) is 3.13. The summed E-state index contributed by atoms with van der Waals surface area (Å²) >= 11 is 0. The minimum atomic E-state index is -0.0835. The first kappa shape index (κ1) is 19.8. The average molecular weight is 457 g/mol. The van der Waals surface area contributed by atoms with Gasteiger partial charge in [-0.3, -0.25) is 0 Å². The lowest BCUT2D eigenvalue weighted by Crippen LogP contribution is -2.38. The molecule has 0 unspecified atom stereocenters. The fourth-order valence-electron chi connectivity index (χ4n) is 4.52. The molecular formula is C28H24O2S2+2. The zero-order valence-corrected chi connectivity index (χ0v) is 19.7. The van der Waals surface area contributed by atoms with Crippen LogP contribution in [0.2, 0.25) is 0 Å². The van der Waals surface area contributed by atoms with Gasteiger partial charge >= 0.3 is 0 Å². The van der Waals surface area contributed by atoms with Crippen molar-refractivity contribution in [1.82, 2.24) is 0 Å². The monoisotopic (exact) mass is 456 g/mol. The molecule has 0 aromatic heterocycles. The number of rotatable bonds is 3. The Labute approximate surface area is 194 Å². The molecule has 0 saturated heterocycles. The van der Waals surface area contributed by atoms with E-state index in [0.29, 0.717) is 10.5 Å². The number of hydrogen-bond acceptors (Lipinski definition) is 2. The molecular weight excluding hydrogens is 432 g/mol. The lowest BCUT2D eigenvalue weighted by molar-refractivity contribution is 0.451. The third-order valence-electron chi connectivity index (χ3n) is 6.19. The molecule has 0 bridgehead atoms. The van der Waals surface area contributed by atoms with Crippen LogP contribution in [0.15, 0.2) is 117 Å². The summed E-state index contributed by atoms with van der Waals surface area (Å²) in [5.74, 6) is 3.96. The van der Waals surface area contributed by atoms with Crippen LogP contribution in [-0.2, 0) is 21.8 Å². The van der Waals surface area contributed by atoms with Crippen LogP contribution in [0.5, 0.6) is 23.0 Å². The van der Waals surface area contributed by atoms with E-state index in [1.54, 1.807) is 0 Å². The Morgan fingerprint density at radius 3 is 0.969 bits per heavy atom. The van der Waals surface area contributed by atoms with Crippen LogP contribution in [-0.4, -0.2) is 10.5 Å². The molecule has 0 radical (unpaired) electrons. The fraction of sp³-hybridized carbons (Fsp3) is 0.143. The quantitative estimate of drug-likeness (QED) is 0.298. The van der Waals surface area contributed by atoms with Gasteiger partial charge in [0.15, 0.2) is 33.5 Å². The van der Waals surface area contributed by atoms with Crippen LogP contribution >= 0.6 is 0 Å². The highest BCUT2D eigenvalue weighted by Crippen LogP contribution is 2.50. The molecule has 2 aliphatic heterocycles. The van der Waals surface area contributed by atoms with Gasteiger partial charge < -0.3 is 9.47 Å². The second-order valence-electron chi connectivity index (χ2n) is 8.08. The van der Waals surface area contributed by atoms with Crippen LogP contribution in [0.1, 0.15) is 13.8 Å². The highest BCUT2D eigenvalue weighted by molar-refractivity contribution is 8.01. The smallest absolute Gasteiger partial charge is 0.203 e. The molecule has 0 spiro atoms. The maximum atomic E-state index is 6.28. The molecule has 4 aromatic carbocycles. The summed E-state index contributed by atoms with van der Waals surface area (Å²) in [7, 11) is -0.167. The largest absolute Gasteiger partial charge is 0.447 e. The molecule has 0 amide bonds. The van der Waals surface area contributed by atoms with Crippen LogP contribution in [0.25, 0.3) is 0 Å². The first-order valence-electron chi connectivity index (χ1n) is 10.9. The van der Waals surface area contributed by atoms with E-state index >= 15 is 0 Å². The van der Waals surface area contributed by atoms with Crippen molar-refractivity contribution in [2.45, 2.75) is 43.9 Å². The predicted molar refractivity (Wildman–Crippen MR) is 133 cm³/mol. The molecule has 2 nitrogen and oxygen atoms in total. The Bertz CT molecular complexity index is 1110. The number of para-hydroxylation sites is 4. The molecule has 2 atom stereocenters. The zero-order chi connectivity index (χ0) is 21.7. The van der Waals surface area contributed by atoms with Gasteiger partial charge in [0, 0.05) is 0 Å². The van der Waals surface area contributed by atoms with Crippen LogP contribution in [0.3, 0.4) is 0 Å². The van der Waals surface area contributed by atoms with Crippen LogP contribution in [0, 0.1) is 0 Å². The second-order valence-corrected chi connectivity index (χ2v) is 12.7. The van der Waals surface area contributed by atoms with Gasteiger partial charge in [-0.1, -0.05) is 48.5 Å². The van der Waals surface area contributed by atoms with Crippen molar-refractivity contribution in [3.8, 4) is 23.0 Å². The molecule has 2 aliphatic rings. The molecule has 158 valence electrons. The lowest BCUT2D eigenvalue weighted by atomic mass is 10.3. The lowest BCUT2D eigenvalue weighted by Gasteiger charge is -2.28. The van der Waals surface area contributed by atoms with Gasteiger partial charge in [-0.2, -0.15) is 0 Å². The second kappa shape index (κ2) is 7.95. The van der Waals surface area contributed by atoms with Crippen molar-refractivity contribution in [2.75, 3.05) is 0 Å². The Kier molecular flexibility index (Phi) is 4.93. The summed E-state index contributed by atoms with van der Waals surface area (Å²) in [5.41, 5.74) is 0. The van der Waals surface area contributed by atoms with E-state index < -0.39 is 0 Å². The van der Waals surface area contributed by atoms with Crippen molar-refractivity contribution < 1.29 is 9.47 Å². The summed E-state index contributed by atoms with van der Waals surface area (Å²) in [6.45, 7) is 4.83. The van der Waals surface area contributed by atoms with Gasteiger partial charge in [0.1, 0.15) is 0 Å². The summed E-state index contributed by atoms with van der Waals surface area (Å²) in [6.07, 6.45) is 0. The molecule has 2 heterocycles. The predicted octanol–water partition coefficient (Wildman–Crippen LogP) is 7.45. The Morgan fingerprint density at radius 2 is 0.688 bits per heavy atom. The average Bonchev–Trinajstić information content (AvgIpc) is 2.85. The van der Waals surface area contributed by atoms with Gasteiger partial charge in [0.2, 0.25) is 19.6 Å². The molecule has 0 N–H and O–H groups in total. The van der Waals surface area contributed by atoms with E-state index in [1.807, 2.05) is 0 Å². The minimum Gasteiger partial charge on any atom is -0.447 e. The highest BCUT2D eigenvalue weighted by atomic mass is 32.2. The maximum absolute atomic E-state index is 6.28. The van der Waals surface area contributed by atoms with E-state index in [1.165, 1.54) is 19.6 Å². The normalized spacial score (nSPS) is 16.4. The summed E-state index contributed by atoms with van der Waals surface area (Å²) in [4.78, 5) is 5.24. The van der Waals surface area contributed by atoms with Crippen molar-refractivity contribution in [3.63, 3.8) is 0 Å². The van der Waals surface area contributed by atoms with Crippen molar-refractivity contribution in [2.24, 2.45) is 0 Å². The molecule has 4 aromatic rings. The van der Waals surface area contributed by atoms with Crippen LogP contribution < -0.4 is 9.47 Å². The van der Waals surface area contributed by atoms with E-state index in [-0.39, 0.29) is 21.8 Å². The molecule has 32 heavy (non-hydrogen) atoms. The highest BCUT2D eigenvalue weighted by Gasteiger charge is 2.52. The summed E-state index contributed by atoms with van der Waals surface area (Å²) < 4.78 is 12.6. The fourth-order valence-corrected chi connectivity index (χ4v) is 10.2. The molecule has 0 fully saturated rings. The van der Waals surface area contributed by atoms with Gasteiger partial charge in [0.25, 0.3) is 0 Å². The molecule has 6 rings (SSSR count). The topological polar surface area (TPSA) is 18.5 Å². The Morgan fingerprint density at radius 1 is 0.438 bits per heavy atom. The van der Waals surface area contributed by atoms with Crippen molar-refractivity contribution in [3.05, 3.63) is 97.1 Å². The van der Waals surface area contributed by atoms with E-state index in [0.717, 1.165) is 23.0 Å². The molecule has 0 saturated carbocycles. The van der Waals surface area contributed by atoms with E-state index in [2.05, 4.69) is 111 Å². The van der Waals surface area contributed by atoms with Crippen molar-refractivity contribution >= 4 is 21.8 Å². The standard InChI is InChI=1S/C28H24O2S2/c1-19(31-25-15-7-3-11-21(25)29-22-12-4-8-16-26(22)31)20(2)32-27-17-9-5-13-23(27)30-24-14-6-10-18-28(24)32/h3-20H,1-2H3/q+2/t19-,20-/m0/s1. The van der Waals surface area contributed by atoms with Gasteiger partial charge in [-0.05, 0) is 62.4 Å². The Hall–Kier alpha value is -2.82. The van der Waals surface area contributed by atoms with E-state index in [4.69, 9.17) is 9.47 Å². The van der Waals surface area contributed by atoms with Crippen LogP contribution in [0.4, 0.5) is 0 Å². The SMILES string of the molecule is C[C@@H]([C@H](C)[S+]1c2ccccc2Oc2ccccc21)[S+]1c2ccccc2Oc2ccccc21. The molecule has 4 heteroatoms. The third-order valence-corrected chi connectivity index (χ3v) is 11.9. The summed E-state index contributed by atoms with van der Waals surface area (Å²) in [5, 5.41) is 0.840. The minimum absolute atomic E-state index is 0.0835. The van der Waals surface area contributed by atoms with E-state index in [9.17, 15) is 0 Å².